The Labute approximate surface area is 155 Å². The van der Waals surface area contributed by atoms with Gasteiger partial charge in [-0.05, 0) is 30.7 Å². The third kappa shape index (κ3) is 6.09. The first kappa shape index (κ1) is 20.9. The number of benzene rings is 1. The van der Waals surface area contributed by atoms with Crippen molar-refractivity contribution in [2.45, 2.75) is 19.1 Å². The zero-order valence-corrected chi connectivity index (χ0v) is 15.3. The average Bonchev–Trinajstić information content (AvgIpc) is 2.59. The molecule has 1 heterocycles. The minimum atomic E-state index is -4.43. The maximum absolute atomic E-state index is 12.5. The lowest BCUT2D eigenvalue weighted by atomic mass is 10.1. The lowest BCUT2D eigenvalue weighted by Crippen LogP contribution is -2.51. The van der Waals surface area contributed by atoms with Crippen molar-refractivity contribution in [1.82, 2.24) is 10.2 Å². The first-order valence-corrected chi connectivity index (χ1v) is 9.95. The van der Waals surface area contributed by atoms with Gasteiger partial charge in [-0.1, -0.05) is 12.1 Å². The number of hydrogen-bond donors (Lipinski definition) is 1. The summed E-state index contributed by atoms with van der Waals surface area (Å²) < 4.78 is 60.3. The van der Waals surface area contributed by atoms with E-state index in [2.05, 4.69) is 5.32 Å². The van der Waals surface area contributed by atoms with Gasteiger partial charge in [0, 0.05) is 19.2 Å². The second kappa shape index (κ2) is 8.12. The summed E-state index contributed by atoms with van der Waals surface area (Å²) in [5.74, 6) is -1.18. The van der Waals surface area contributed by atoms with Gasteiger partial charge in [0.2, 0.25) is 11.8 Å². The fourth-order valence-corrected chi connectivity index (χ4v) is 3.69. The number of hydrogen-bond acceptors (Lipinski definition) is 4. The van der Waals surface area contributed by atoms with Crippen molar-refractivity contribution in [2.75, 3.05) is 24.6 Å². The van der Waals surface area contributed by atoms with Gasteiger partial charge in [-0.3, -0.25) is 9.59 Å². The summed E-state index contributed by atoms with van der Waals surface area (Å²) in [5.41, 5.74) is -0.384. The van der Waals surface area contributed by atoms with Crippen molar-refractivity contribution in [3.63, 3.8) is 0 Å². The number of sulfone groups is 1. The fourth-order valence-electron chi connectivity index (χ4n) is 2.49. The highest BCUT2D eigenvalue weighted by Gasteiger charge is 2.30. The van der Waals surface area contributed by atoms with Gasteiger partial charge >= 0.3 is 6.18 Å². The second-order valence-corrected chi connectivity index (χ2v) is 8.46. The molecular formula is C17H19F3N2O4S. The molecule has 6 nitrogen and oxygen atoms in total. The Balaban J connectivity index is 1.89. The number of nitrogens with one attached hydrogen (secondary N) is 1. The third-order valence-corrected chi connectivity index (χ3v) is 5.66. The number of carbonyl (C=O) groups is 2. The van der Waals surface area contributed by atoms with E-state index in [1.54, 1.807) is 0 Å². The number of alkyl halides is 3. The predicted molar refractivity (Wildman–Crippen MR) is 93.3 cm³/mol. The van der Waals surface area contributed by atoms with Crippen LogP contribution in [0, 0.1) is 0 Å². The summed E-state index contributed by atoms with van der Waals surface area (Å²) in [6.07, 6.45) is -1.98. The van der Waals surface area contributed by atoms with Gasteiger partial charge < -0.3 is 10.2 Å². The maximum atomic E-state index is 12.5. The van der Waals surface area contributed by atoms with Crippen LogP contribution in [0.2, 0.25) is 0 Å². The highest BCUT2D eigenvalue weighted by atomic mass is 32.2. The van der Waals surface area contributed by atoms with Crippen molar-refractivity contribution in [1.29, 1.82) is 0 Å². The Kier molecular flexibility index (Phi) is 6.30. The van der Waals surface area contributed by atoms with Crippen LogP contribution in [0.3, 0.4) is 0 Å². The van der Waals surface area contributed by atoms with Crippen molar-refractivity contribution in [3.8, 4) is 0 Å². The molecule has 1 N–H and O–H groups in total. The van der Waals surface area contributed by atoms with Crippen molar-refractivity contribution in [3.05, 3.63) is 41.5 Å². The zero-order chi connectivity index (χ0) is 20.2. The summed E-state index contributed by atoms with van der Waals surface area (Å²) in [4.78, 5) is 25.5. The fraction of sp³-hybridized carbons (Fsp3) is 0.412. The first-order chi connectivity index (χ1) is 12.5. The molecule has 2 amide bonds. The molecule has 148 valence electrons. The van der Waals surface area contributed by atoms with E-state index in [4.69, 9.17) is 0 Å². The van der Waals surface area contributed by atoms with Crippen LogP contribution in [0.25, 0.3) is 6.08 Å². The van der Waals surface area contributed by atoms with Crippen LogP contribution in [0.1, 0.15) is 18.1 Å². The van der Waals surface area contributed by atoms with Crippen LogP contribution in [0.4, 0.5) is 13.2 Å². The topological polar surface area (TPSA) is 83.6 Å². The maximum Gasteiger partial charge on any atom is 0.416 e. The quantitative estimate of drug-likeness (QED) is 0.771. The molecule has 1 aromatic carbocycles. The van der Waals surface area contributed by atoms with Gasteiger partial charge in [-0.25, -0.2) is 8.42 Å². The van der Waals surface area contributed by atoms with E-state index in [-0.39, 0.29) is 30.5 Å². The lowest BCUT2D eigenvalue weighted by Gasteiger charge is -2.29. The van der Waals surface area contributed by atoms with Crippen molar-refractivity contribution in [2.24, 2.45) is 0 Å². The van der Waals surface area contributed by atoms with E-state index in [0.717, 1.165) is 18.2 Å². The molecular weight excluding hydrogens is 385 g/mol. The molecule has 27 heavy (non-hydrogen) atoms. The number of amides is 2. The number of nitrogens with zero attached hydrogens (tertiary/aromatic N) is 1. The Morgan fingerprint density at radius 3 is 2.22 bits per heavy atom. The molecule has 0 spiro atoms. The SMILES string of the molecule is CC(NC(=O)C=Cc1ccc(C(F)(F)F)cc1)C(=O)N1CCS(=O)(=O)CC1. The second-order valence-electron chi connectivity index (χ2n) is 6.16. The summed E-state index contributed by atoms with van der Waals surface area (Å²) in [7, 11) is -3.11. The van der Waals surface area contributed by atoms with Gasteiger partial charge in [0.25, 0.3) is 0 Å². The Hall–Kier alpha value is -2.36. The predicted octanol–water partition coefficient (Wildman–Crippen LogP) is 1.48. The van der Waals surface area contributed by atoms with Crippen LogP contribution in [0.15, 0.2) is 30.3 Å². The molecule has 1 unspecified atom stereocenters. The van der Waals surface area contributed by atoms with E-state index in [9.17, 15) is 31.2 Å². The van der Waals surface area contributed by atoms with E-state index < -0.39 is 33.5 Å². The van der Waals surface area contributed by atoms with Crippen molar-refractivity contribution < 1.29 is 31.2 Å². The molecule has 10 heteroatoms. The number of rotatable bonds is 4. The standard InChI is InChI=1S/C17H19F3N2O4S/c1-12(16(24)22-8-10-27(25,26)11-9-22)21-15(23)7-4-13-2-5-14(6-3-13)17(18,19)20/h2-7,12H,8-11H2,1H3,(H,21,23). The molecule has 1 aromatic rings. The van der Waals surface area contributed by atoms with Gasteiger partial charge in [0.05, 0.1) is 17.1 Å². The molecule has 0 radical (unpaired) electrons. The van der Waals surface area contributed by atoms with Crippen LogP contribution in [-0.4, -0.2) is 55.8 Å². The minimum Gasteiger partial charge on any atom is -0.341 e. The average molecular weight is 404 g/mol. The van der Waals surface area contributed by atoms with Gasteiger partial charge in [0.15, 0.2) is 9.84 Å². The van der Waals surface area contributed by atoms with E-state index in [1.165, 1.54) is 30.0 Å². The van der Waals surface area contributed by atoms with Gasteiger partial charge in [-0.15, -0.1) is 0 Å². The molecule has 1 aliphatic rings. The summed E-state index contributed by atoms with van der Waals surface area (Å²) >= 11 is 0. The third-order valence-electron chi connectivity index (χ3n) is 4.05. The molecule has 1 atom stereocenters. The summed E-state index contributed by atoms with van der Waals surface area (Å²) in [5, 5.41) is 2.46. The zero-order valence-electron chi connectivity index (χ0n) is 14.5. The number of halogens is 3. The highest BCUT2D eigenvalue weighted by Crippen LogP contribution is 2.29. The molecule has 2 rings (SSSR count). The van der Waals surface area contributed by atoms with Gasteiger partial charge in [-0.2, -0.15) is 13.2 Å². The Morgan fingerprint density at radius 1 is 1.15 bits per heavy atom. The largest absolute Gasteiger partial charge is 0.416 e. The first-order valence-electron chi connectivity index (χ1n) is 8.13. The lowest BCUT2D eigenvalue weighted by molar-refractivity contribution is -0.137. The van der Waals surface area contributed by atoms with Crippen LogP contribution < -0.4 is 5.32 Å². The normalized spacial score (nSPS) is 18.3. The Bertz CT molecular complexity index is 819. The Morgan fingerprint density at radius 2 is 1.70 bits per heavy atom. The van der Waals surface area contributed by atoms with Crippen molar-refractivity contribution >= 4 is 27.7 Å². The molecule has 0 saturated carbocycles. The van der Waals surface area contributed by atoms with E-state index >= 15 is 0 Å². The summed E-state index contributed by atoms with van der Waals surface area (Å²) in [6.45, 7) is 1.65. The van der Waals surface area contributed by atoms with Crippen LogP contribution in [-0.2, 0) is 25.6 Å². The molecule has 1 aliphatic heterocycles. The van der Waals surface area contributed by atoms with Crippen LogP contribution in [0.5, 0.6) is 0 Å². The molecule has 0 aromatic heterocycles. The van der Waals surface area contributed by atoms with E-state index in [0.29, 0.717) is 5.56 Å². The monoisotopic (exact) mass is 404 g/mol. The van der Waals surface area contributed by atoms with Crippen LogP contribution >= 0.6 is 0 Å². The molecule has 1 fully saturated rings. The summed E-state index contributed by atoms with van der Waals surface area (Å²) in [6, 6.07) is 3.43. The molecule has 0 aliphatic carbocycles. The smallest absolute Gasteiger partial charge is 0.341 e. The van der Waals surface area contributed by atoms with Gasteiger partial charge in [0.1, 0.15) is 6.04 Å². The number of carbonyl (C=O) groups excluding carboxylic acids is 2. The minimum absolute atomic E-state index is 0.0861. The van der Waals surface area contributed by atoms with E-state index in [1.807, 2.05) is 0 Å². The molecule has 1 saturated heterocycles. The highest BCUT2D eigenvalue weighted by molar-refractivity contribution is 7.91. The molecule has 0 bridgehead atoms.